The molecule has 7 nitrogen and oxygen atoms in total. The van der Waals surface area contributed by atoms with Crippen molar-refractivity contribution in [1.29, 1.82) is 0 Å². The molecule has 0 unspecified atom stereocenters. The third kappa shape index (κ3) is 7.17. The molecule has 5 rings (SSSR count). The van der Waals surface area contributed by atoms with Gasteiger partial charge >= 0.3 is 0 Å². The normalized spacial score (nSPS) is 14.4. The molecular formula is C29H37N3O4S. The maximum absolute atomic E-state index is 13.2. The van der Waals surface area contributed by atoms with Crippen LogP contribution in [0.3, 0.4) is 0 Å². The monoisotopic (exact) mass is 523 g/mol. The minimum absolute atomic E-state index is 0.105. The summed E-state index contributed by atoms with van der Waals surface area (Å²) in [7, 11) is 5.30. The maximum atomic E-state index is 13.2. The molecule has 198 valence electrons. The SMILES string of the molecule is CN1C=CC1.COCCOc1cc(C2(NC(=O)c3cc(OC)ccc3C)CC2)c2cccnc2c1.CS. The number of thiol groups is 1. The van der Waals surface area contributed by atoms with Gasteiger partial charge < -0.3 is 24.4 Å². The largest absolute Gasteiger partial charge is 0.497 e. The topological polar surface area (TPSA) is 72.9 Å². The Morgan fingerprint density at radius 1 is 1.11 bits per heavy atom. The third-order valence-electron chi connectivity index (χ3n) is 6.31. The molecule has 1 aliphatic carbocycles. The Morgan fingerprint density at radius 3 is 2.43 bits per heavy atom. The van der Waals surface area contributed by atoms with Gasteiger partial charge in [0.2, 0.25) is 0 Å². The molecule has 0 bridgehead atoms. The Hall–Kier alpha value is -3.23. The van der Waals surface area contributed by atoms with Gasteiger partial charge in [0.15, 0.2) is 0 Å². The first kappa shape index (κ1) is 28.3. The molecule has 0 atom stereocenters. The fraction of sp³-hybridized carbons (Fsp3) is 0.379. The summed E-state index contributed by atoms with van der Waals surface area (Å²) >= 11 is 3.53. The van der Waals surface area contributed by atoms with E-state index < -0.39 is 5.54 Å². The summed E-state index contributed by atoms with van der Waals surface area (Å²) in [5, 5.41) is 4.30. The average molecular weight is 524 g/mol. The third-order valence-corrected chi connectivity index (χ3v) is 6.31. The molecule has 37 heavy (non-hydrogen) atoms. The zero-order valence-electron chi connectivity index (χ0n) is 22.3. The molecule has 0 spiro atoms. The number of methoxy groups -OCH3 is 2. The summed E-state index contributed by atoms with van der Waals surface area (Å²) in [5.74, 6) is 1.29. The van der Waals surface area contributed by atoms with Gasteiger partial charge in [0.25, 0.3) is 5.91 Å². The number of pyridine rings is 1. The molecule has 1 aromatic heterocycles. The van der Waals surface area contributed by atoms with E-state index in [1.807, 2.05) is 43.3 Å². The van der Waals surface area contributed by atoms with E-state index in [1.165, 1.54) is 0 Å². The van der Waals surface area contributed by atoms with Gasteiger partial charge in [-0.2, -0.15) is 12.6 Å². The van der Waals surface area contributed by atoms with Gasteiger partial charge in [-0.15, -0.1) is 0 Å². The second-order valence-corrected chi connectivity index (χ2v) is 8.92. The van der Waals surface area contributed by atoms with E-state index in [-0.39, 0.29) is 5.91 Å². The van der Waals surface area contributed by atoms with Crippen LogP contribution in [-0.2, 0) is 10.3 Å². The molecular weight excluding hydrogens is 486 g/mol. The molecule has 1 fully saturated rings. The number of nitrogens with zero attached hydrogens (tertiary/aromatic N) is 2. The number of nitrogens with one attached hydrogen (secondary N) is 1. The number of aryl methyl sites for hydroxylation is 1. The summed E-state index contributed by atoms with van der Waals surface area (Å²) in [4.78, 5) is 19.8. The van der Waals surface area contributed by atoms with E-state index in [2.05, 4.69) is 47.2 Å². The average Bonchev–Trinajstić information content (AvgIpc) is 3.69. The first-order chi connectivity index (χ1) is 18.0. The highest BCUT2D eigenvalue weighted by molar-refractivity contribution is 7.79. The van der Waals surface area contributed by atoms with Crippen LogP contribution in [0.5, 0.6) is 11.5 Å². The van der Waals surface area contributed by atoms with E-state index in [9.17, 15) is 4.79 Å². The predicted octanol–water partition coefficient (Wildman–Crippen LogP) is 4.99. The molecule has 2 aromatic carbocycles. The first-order valence-corrected chi connectivity index (χ1v) is 13.1. The summed E-state index contributed by atoms with van der Waals surface area (Å²) in [6, 6.07) is 13.5. The van der Waals surface area contributed by atoms with Gasteiger partial charge in [0.1, 0.15) is 18.1 Å². The van der Waals surface area contributed by atoms with Crippen molar-refractivity contribution in [2.75, 3.05) is 47.3 Å². The maximum Gasteiger partial charge on any atom is 0.252 e. The molecule has 0 saturated heterocycles. The van der Waals surface area contributed by atoms with Crippen LogP contribution >= 0.6 is 12.6 Å². The minimum Gasteiger partial charge on any atom is -0.497 e. The van der Waals surface area contributed by atoms with Crippen molar-refractivity contribution in [2.24, 2.45) is 0 Å². The van der Waals surface area contributed by atoms with Crippen molar-refractivity contribution in [3.05, 3.63) is 77.6 Å². The Kier molecular flexibility index (Phi) is 10.2. The number of hydrogen-bond acceptors (Lipinski definition) is 7. The Balaban J connectivity index is 0.000000478. The summed E-state index contributed by atoms with van der Waals surface area (Å²) in [5.41, 5.74) is 2.99. The van der Waals surface area contributed by atoms with Gasteiger partial charge in [-0.25, -0.2) is 0 Å². The van der Waals surface area contributed by atoms with Gasteiger partial charge in [-0.05, 0) is 73.7 Å². The van der Waals surface area contributed by atoms with Crippen LogP contribution in [0.1, 0.15) is 34.3 Å². The molecule has 1 aliphatic heterocycles. The van der Waals surface area contributed by atoms with Crippen molar-refractivity contribution in [3.8, 4) is 11.5 Å². The molecule has 1 saturated carbocycles. The van der Waals surface area contributed by atoms with E-state index in [4.69, 9.17) is 14.2 Å². The lowest BCUT2D eigenvalue weighted by Gasteiger charge is -2.22. The molecule has 8 heteroatoms. The number of likely N-dealkylation sites (N-methyl/N-ethyl adjacent to an activating group) is 1. The predicted molar refractivity (Wildman–Crippen MR) is 152 cm³/mol. The Morgan fingerprint density at radius 2 is 1.84 bits per heavy atom. The Labute approximate surface area is 225 Å². The molecule has 2 aliphatic rings. The van der Waals surface area contributed by atoms with Crippen molar-refractivity contribution in [1.82, 2.24) is 15.2 Å². The molecule has 3 aromatic rings. The van der Waals surface area contributed by atoms with Crippen LogP contribution in [0.4, 0.5) is 0 Å². The van der Waals surface area contributed by atoms with Crippen LogP contribution in [0.15, 0.2) is 60.9 Å². The van der Waals surface area contributed by atoms with Gasteiger partial charge in [0, 0.05) is 43.9 Å². The van der Waals surface area contributed by atoms with Crippen molar-refractivity contribution in [2.45, 2.75) is 25.3 Å². The zero-order chi connectivity index (χ0) is 26.8. The smallest absolute Gasteiger partial charge is 0.252 e. The van der Waals surface area contributed by atoms with Crippen LogP contribution in [0.25, 0.3) is 10.9 Å². The number of hydrogen-bond donors (Lipinski definition) is 2. The number of amides is 1. The van der Waals surface area contributed by atoms with Crippen molar-refractivity contribution in [3.63, 3.8) is 0 Å². The summed E-state index contributed by atoms with van der Waals surface area (Å²) in [6.07, 6.45) is 9.38. The molecule has 2 heterocycles. The van der Waals surface area contributed by atoms with E-state index in [1.54, 1.807) is 32.7 Å². The van der Waals surface area contributed by atoms with E-state index in [0.717, 1.165) is 47.2 Å². The molecule has 0 radical (unpaired) electrons. The van der Waals surface area contributed by atoms with Crippen molar-refractivity contribution < 1.29 is 19.0 Å². The van der Waals surface area contributed by atoms with Crippen LogP contribution in [0, 0.1) is 6.92 Å². The first-order valence-electron chi connectivity index (χ1n) is 12.3. The fourth-order valence-corrected chi connectivity index (χ4v) is 4.04. The van der Waals surface area contributed by atoms with Gasteiger partial charge in [-0.3, -0.25) is 9.78 Å². The highest BCUT2D eigenvalue weighted by Crippen LogP contribution is 2.49. The van der Waals surface area contributed by atoms with E-state index >= 15 is 0 Å². The number of carbonyl (C=O) groups is 1. The van der Waals surface area contributed by atoms with Crippen LogP contribution in [-0.4, -0.2) is 63.1 Å². The van der Waals surface area contributed by atoms with Gasteiger partial charge in [0.05, 0.1) is 24.8 Å². The second-order valence-electron chi connectivity index (χ2n) is 8.92. The number of benzene rings is 2. The molecule has 1 N–H and O–H groups in total. The molecule has 1 amide bonds. The van der Waals surface area contributed by atoms with Crippen LogP contribution in [0.2, 0.25) is 0 Å². The lowest BCUT2D eigenvalue weighted by atomic mass is 9.97. The standard InChI is InChI=1S/C24H26N2O4.C4H7N.CH4S/c1-16-6-7-17(29-3)13-20(16)23(27)26-24(8-9-24)21-14-18(30-12-11-28-2)15-22-19(21)5-4-10-25-22;1-5-3-2-4-5;1-2/h4-7,10,13-15H,8-9,11-12H2,1-3H3,(H,26,27);2-3H,4H2,1H3;2H,1H3. The second kappa shape index (κ2) is 13.4. The number of carbonyl (C=O) groups excluding carboxylic acids is 1. The minimum atomic E-state index is -0.422. The number of ether oxygens (including phenoxy) is 3. The zero-order valence-corrected chi connectivity index (χ0v) is 23.2. The summed E-state index contributed by atoms with van der Waals surface area (Å²) < 4.78 is 16.2. The van der Waals surface area contributed by atoms with Crippen LogP contribution < -0.4 is 14.8 Å². The summed E-state index contributed by atoms with van der Waals surface area (Å²) in [6.45, 7) is 4.03. The number of fused-ring (bicyclic) bond motifs is 1. The highest BCUT2D eigenvalue weighted by Gasteiger charge is 2.47. The number of aromatic nitrogens is 1. The van der Waals surface area contributed by atoms with E-state index in [0.29, 0.717) is 24.5 Å². The Bertz CT molecular complexity index is 1230. The highest BCUT2D eigenvalue weighted by atomic mass is 32.1. The lowest BCUT2D eigenvalue weighted by molar-refractivity contribution is 0.0930. The number of rotatable bonds is 8. The quantitative estimate of drug-likeness (QED) is 0.320. The lowest BCUT2D eigenvalue weighted by Crippen LogP contribution is -2.35. The van der Waals surface area contributed by atoms with Crippen molar-refractivity contribution >= 4 is 29.4 Å². The fourth-order valence-electron chi connectivity index (χ4n) is 4.04. The van der Waals surface area contributed by atoms with Gasteiger partial charge in [-0.1, -0.05) is 12.1 Å².